The summed E-state index contributed by atoms with van der Waals surface area (Å²) in [5.74, 6) is 0. The Balaban J connectivity index is -0.000000184. The van der Waals surface area contributed by atoms with Crippen LogP contribution in [0.15, 0.2) is 70.9 Å². The molecule has 4 rings (SSSR count). The van der Waals surface area contributed by atoms with E-state index in [1.54, 1.807) is 0 Å². The average Bonchev–Trinajstić information content (AvgIpc) is 3.68. The molecule has 0 radical (unpaired) electrons. The standard InChI is InChI=1S/4C7H9.2C2H6Si.2ClH.2Ti/c4*1-2-7-5-3-4-6-7;2*1-3-2;;;;/h4*3,5H,2,4H2,1H3;2*1-2H3;2*1H;;/q4*-1;;;;;2*+2/p-2. The summed E-state index contributed by atoms with van der Waals surface area (Å²) in [4.78, 5) is 0. The Morgan fingerprint density at radius 1 is 0.500 bits per heavy atom. The van der Waals surface area contributed by atoms with Gasteiger partial charge in [0.15, 0.2) is 0 Å². The normalized spacial score (nSPS) is 14.4. The molecule has 0 saturated heterocycles. The first kappa shape index (κ1) is 45.4. The van der Waals surface area contributed by atoms with Crippen LogP contribution in [0.4, 0.5) is 0 Å². The Morgan fingerprint density at radius 3 is 0.711 bits per heavy atom. The van der Waals surface area contributed by atoms with E-state index in [9.17, 15) is 0 Å². The molecule has 4 aliphatic rings. The third-order valence-electron chi connectivity index (χ3n) is 4.59. The van der Waals surface area contributed by atoms with Gasteiger partial charge in [-0.25, -0.2) is 46.6 Å². The SMILES string of the molecule is CCC1=[C-]CC=C1.CCC1=[C-]CC=C1.CCC1=[C-]CC=C1.CCC1=[C-]CC=C1.C[Si](C)=[Ti+2].C[Si](C)=[Ti+2].[Cl-].[Cl-]. The van der Waals surface area contributed by atoms with Crippen LogP contribution in [0.25, 0.3) is 0 Å². The molecule has 208 valence electrons. The van der Waals surface area contributed by atoms with Gasteiger partial charge in [-0.15, -0.1) is 25.7 Å². The van der Waals surface area contributed by atoms with Gasteiger partial charge in [0.25, 0.3) is 0 Å². The first-order valence-corrected chi connectivity index (χ1v) is 23.0. The maximum absolute atomic E-state index is 3.21. The van der Waals surface area contributed by atoms with Crippen LogP contribution in [0.3, 0.4) is 0 Å². The van der Waals surface area contributed by atoms with E-state index < -0.39 is 0 Å². The van der Waals surface area contributed by atoms with Crippen LogP contribution in [0, 0.1) is 24.3 Å². The van der Waals surface area contributed by atoms with Gasteiger partial charge < -0.3 is 24.8 Å². The van der Waals surface area contributed by atoms with Crippen LogP contribution in [0.5, 0.6) is 0 Å². The molecule has 0 spiro atoms. The van der Waals surface area contributed by atoms with Crippen molar-refractivity contribution in [1.82, 2.24) is 0 Å². The fourth-order valence-corrected chi connectivity index (χ4v) is 2.77. The first-order valence-electron chi connectivity index (χ1n) is 13.3. The minimum Gasteiger partial charge on any atom is -1.00 e. The zero-order valence-electron chi connectivity index (χ0n) is 25.0. The van der Waals surface area contributed by atoms with E-state index >= 15 is 0 Å². The molecule has 0 unspecified atom stereocenters. The fourth-order valence-electron chi connectivity index (χ4n) is 2.77. The first-order chi connectivity index (χ1) is 17.2. The maximum atomic E-state index is 3.21. The molecule has 0 nitrogen and oxygen atoms in total. The zero-order valence-corrected chi connectivity index (χ0v) is 31.7. The molecule has 0 atom stereocenters. The molecule has 6 heteroatoms. The summed E-state index contributed by atoms with van der Waals surface area (Å²) >= 11 is 4.54. The number of allylic oxidation sites excluding steroid dienone is 16. The van der Waals surface area contributed by atoms with Gasteiger partial charge in [-0.05, 0) is 0 Å². The van der Waals surface area contributed by atoms with Gasteiger partial charge in [0, 0.05) is 0 Å². The van der Waals surface area contributed by atoms with Crippen LogP contribution in [-0.2, 0) is 38.3 Å². The van der Waals surface area contributed by atoms with E-state index in [1.807, 2.05) is 0 Å². The van der Waals surface area contributed by atoms with Crippen molar-refractivity contribution in [2.75, 3.05) is 0 Å². The third-order valence-corrected chi connectivity index (χ3v) is 4.59. The van der Waals surface area contributed by atoms with E-state index in [-0.39, 0.29) is 37.2 Å². The molecule has 0 saturated carbocycles. The Bertz CT molecular complexity index is 734. The Hall–Kier alpha value is 0.362. The van der Waals surface area contributed by atoms with E-state index in [0.29, 0.717) is 0 Å². The molecule has 38 heavy (non-hydrogen) atoms. The molecule has 0 aromatic heterocycles. The predicted molar refractivity (Wildman–Crippen MR) is 158 cm³/mol. The summed E-state index contributed by atoms with van der Waals surface area (Å²) in [6, 6.07) is 0. The van der Waals surface area contributed by atoms with Gasteiger partial charge in [0.05, 0.1) is 0 Å². The minimum atomic E-state index is 0. The van der Waals surface area contributed by atoms with Crippen molar-refractivity contribution >= 4 is 12.4 Å². The molecule has 0 aliphatic heterocycles. The summed E-state index contributed by atoms with van der Waals surface area (Å²) in [6.45, 7) is 17.7. The molecular formula is C32H48Cl2Si2Ti2-2. The maximum Gasteiger partial charge on any atom is -1.00 e. The Labute approximate surface area is 273 Å². The van der Waals surface area contributed by atoms with E-state index in [2.05, 4.69) is 165 Å². The number of halogens is 2. The summed E-state index contributed by atoms with van der Waals surface area (Å²) in [7, 11) is 0. The van der Waals surface area contributed by atoms with Crippen molar-refractivity contribution in [2.24, 2.45) is 0 Å². The fraction of sp³-hybridized carbons (Fsp3) is 0.500. The second-order valence-electron chi connectivity index (χ2n) is 8.65. The van der Waals surface area contributed by atoms with Crippen molar-refractivity contribution < 1.29 is 63.2 Å². The van der Waals surface area contributed by atoms with E-state index in [0.717, 1.165) is 51.4 Å². The van der Waals surface area contributed by atoms with Crippen LogP contribution in [0.2, 0.25) is 26.2 Å². The molecule has 0 aromatic rings. The van der Waals surface area contributed by atoms with Gasteiger partial charge in [-0.3, -0.25) is 24.3 Å². The molecule has 0 bridgehead atoms. The summed E-state index contributed by atoms with van der Waals surface area (Å²) in [5.41, 5.74) is 5.44. The van der Waals surface area contributed by atoms with Gasteiger partial charge in [0.2, 0.25) is 0 Å². The van der Waals surface area contributed by atoms with Gasteiger partial charge in [0.1, 0.15) is 0 Å². The minimum absolute atomic E-state index is 0. The second kappa shape index (κ2) is 33.6. The van der Waals surface area contributed by atoms with Crippen molar-refractivity contribution in [1.29, 1.82) is 0 Å². The largest absolute Gasteiger partial charge is 1.00 e. The molecule has 0 heterocycles. The van der Waals surface area contributed by atoms with Crippen molar-refractivity contribution in [3.8, 4) is 0 Å². The second-order valence-corrected chi connectivity index (χ2v) is 22.0. The van der Waals surface area contributed by atoms with Crippen LogP contribution in [-0.4, -0.2) is 12.4 Å². The van der Waals surface area contributed by atoms with Crippen molar-refractivity contribution in [3.63, 3.8) is 0 Å². The molecule has 0 fully saturated rings. The molecule has 4 aliphatic carbocycles. The number of hydrogen-bond acceptors (Lipinski definition) is 0. The molecule has 0 aromatic carbocycles. The topological polar surface area (TPSA) is 0 Å². The molecule has 0 amide bonds. The van der Waals surface area contributed by atoms with Crippen LogP contribution in [0.1, 0.15) is 79.1 Å². The monoisotopic (exact) mass is 654 g/mol. The molecular weight excluding hydrogens is 607 g/mol. The summed E-state index contributed by atoms with van der Waals surface area (Å²) < 4.78 is 0. The predicted octanol–water partition coefficient (Wildman–Crippen LogP) is 3.92. The van der Waals surface area contributed by atoms with E-state index in [1.165, 1.54) is 22.3 Å². The Kier molecular flexibility index (Phi) is 40.1. The van der Waals surface area contributed by atoms with Crippen molar-refractivity contribution in [3.05, 3.63) is 95.2 Å². The van der Waals surface area contributed by atoms with Crippen LogP contribution >= 0.6 is 0 Å². The average molecular weight is 656 g/mol. The van der Waals surface area contributed by atoms with Crippen LogP contribution < -0.4 is 24.8 Å². The number of rotatable bonds is 4. The summed E-state index contributed by atoms with van der Waals surface area (Å²) in [6.07, 6.45) is 38.9. The van der Waals surface area contributed by atoms with Gasteiger partial charge in [-0.1, -0.05) is 53.4 Å². The smallest absolute Gasteiger partial charge is 1.00 e. The van der Waals surface area contributed by atoms with E-state index in [4.69, 9.17) is 0 Å². The van der Waals surface area contributed by atoms with Gasteiger partial charge in [-0.2, -0.15) is 24.3 Å². The Morgan fingerprint density at radius 2 is 0.658 bits per heavy atom. The van der Waals surface area contributed by atoms with Crippen molar-refractivity contribution in [2.45, 2.75) is 105 Å². The van der Waals surface area contributed by atoms with Gasteiger partial charge >= 0.3 is 76.9 Å². The molecule has 0 N–H and O–H groups in total. The number of hydrogen-bond donors (Lipinski definition) is 0. The summed E-state index contributed by atoms with van der Waals surface area (Å²) in [5, 5.41) is 0. The zero-order chi connectivity index (χ0) is 27.6. The third kappa shape index (κ3) is 34.4. The quantitative estimate of drug-likeness (QED) is 0.319.